The van der Waals surface area contributed by atoms with Gasteiger partial charge in [-0.15, -0.1) is 0 Å². The molecule has 4 nitrogen and oxygen atoms in total. The molecule has 0 spiro atoms. The maximum absolute atomic E-state index is 11.2. The lowest BCUT2D eigenvalue weighted by Gasteiger charge is -2.17. The molecule has 0 amide bonds. The normalized spacial score (nSPS) is 14.1. The monoisotopic (exact) mass is 257 g/mol. The molecule has 5 heteroatoms. The zero-order chi connectivity index (χ0) is 13.6. The maximum Gasteiger partial charge on any atom is 0.333 e. The largest absolute Gasteiger partial charge is 0.454 e. The molecule has 0 heterocycles. The van der Waals surface area contributed by atoms with Crippen molar-refractivity contribution in [1.82, 2.24) is 0 Å². The van der Waals surface area contributed by atoms with Crippen LogP contribution in [0, 0.1) is 0 Å². The summed E-state index contributed by atoms with van der Waals surface area (Å²) in [6, 6.07) is 0. The summed E-state index contributed by atoms with van der Waals surface area (Å²) in [6.45, 7) is 13.6. The van der Waals surface area contributed by atoms with Crippen molar-refractivity contribution in [1.29, 1.82) is 0 Å². The van der Waals surface area contributed by atoms with Crippen LogP contribution in [0.25, 0.3) is 0 Å². The zero-order valence-electron chi connectivity index (χ0n) is 10.6. The first-order chi connectivity index (χ1) is 7.73. The molecule has 95 valence electrons. The molecule has 0 rings (SSSR count). The first-order valence-electron chi connectivity index (χ1n) is 5.17. The van der Waals surface area contributed by atoms with E-state index in [0.29, 0.717) is 19.7 Å². The Morgan fingerprint density at radius 1 is 0.941 bits per heavy atom. The number of hydrogen-bond donors (Lipinski definition) is 0. The van der Waals surface area contributed by atoms with Gasteiger partial charge in [0.05, 0.1) is 0 Å². The highest BCUT2D eigenvalue weighted by Gasteiger charge is 2.17. The quantitative estimate of drug-likeness (QED) is 0.417. The molecule has 1 radical (unpaired) electrons. The second-order valence-corrected chi connectivity index (χ2v) is 5.47. The van der Waals surface area contributed by atoms with E-state index in [2.05, 4.69) is 13.2 Å². The zero-order valence-corrected chi connectivity index (χ0v) is 11.5. The van der Waals surface area contributed by atoms with Gasteiger partial charge in [-0.1, -0.05) is 13.2 Å². The molecule has 2 atom stereocenters. The molecule has 0 aliphatic heterocycles. The Morgan fingerprint density at radius 3 is 1.47 bits per heavy atom. The number of hydrogen-bond acceptors (Lipinski definition) is 4. The smallest absolute Gasteiger partial charge is 0.333 e. The minimum absolute atomic E-state index is 0.346. The molecule has 2 unspecified atom stereocenters. The summed E-state index contributed by atoms with van der Waals surface area (Å²) in [5.74, 6) is -1.59. The fraction of sp³-hybridized carbons (Fsp3) is 0.500. The molecule has 0 fully saturated rings. The Labute approximate surface area is 104 Å². The van der Waals surface area contributed by atoms with E-state index in [0.717, 1.165) is 0 Å². The van der Waals surface area contributed by atoms with Crippen molar-refractivity contribution in [2.24, 2.45) is 0 Å². The second-order valence-electron chi connectivity index (χ2n) is 3.72. The number of carbonyl (C=O) groups excluding carboxylic acids is 2. The minimum Gasteiger partial charge on any atom is -0.454 e. The first kappa shape index (κ1) is 15.9. The van der Waals surface area contributed by atoms with E-state index in [9.17, 15) is 9.59 Å². The molecule has 0 saturated heterocycles. The highest BCUT2D eigenvalue weighted by atomic mass is 31.1. The molecule has 0 saturated carbocycles. The molecule has 0 aliphatic rings. The van der Waals surface area contributed by atoms with E-state index in [1.54, 1.807) is 27.7 Å². The first-order valence-corrected chi connectivity index (χ1v) is 6.20. The van der Waals surface area contributed by atoms with E-state index in [-0.39, 0.29) is 11.7 Å². The third kappa shape index (κ3) is 6.90. The van der Waals surface area contributed by atoms with Crippen LogP contribution in [0.3, 0.4) is 0 Å². The van der Waals surface area contributed by atoms with E-state index in [4.69, 9.17) is 9.47 Å². The van der Waals surface area contributed by atoms with Crippen LogP contribution >= 0.6 is 8.58 Å². The Balaban J connectivity index is 4.08. The van der Waals surface area contributed by atoms with Crippen molar-refractivity contribution in [2.45, 2.75) is 39.4 Å². The molecule has 0 aliphatic carbocycles. The van der Waals surface area contributed by atoms with Crippen LogP contribution in [-0.2, 0) is 19.1 Å². The van der Waals surface area contributed by atoms with Crippen LogP contribution in [0.1, 0.15) is 27.7 Å². The lowest BCUT2D eigenvalue weighted by atomic mass is 10.4. The number of esters is 2. The number of carbonyl (C=O) groups is 2. The third-order valence-electron chi connectivity index (χ3n) is 1.67. The van der Waals surface area contributed by atoms with Crippen molar-refractivity contribution in [3.8, 4) is 0 Å². The van der Waals surface area contributed by atoms with Crippen LogP contribution in [0.2, 0.25) is 0 Å². The van der Waals surface area contributed by atoms with Gasteiger partial charge in [0.2, 0.25) is 0 Å². The molecule has 0 aromatic rings. The molecule has 0 aromatic carbocycles. The lowest BCUT2D eigenvalue weighted by molar-refractivity contribution is -0.140. The van der Waals surface area contributed by atoms with Gasteiger partial charge in [0.1, 0.15) is 11.7 Å². The summed E-state index contributed by atoms with van der Waals surface area (Å²) in [5, 5.41) is 0. The fourth-order valence-corrected chi connectivity index (χ4v) is 1.77. The van der Waals surface area contributed by atoms with Gasteiger partial charge in [-0.2, -0.15) is 0 Å². The van der Waals surface area contributed by atoms with Gasteiger partial charge in [-0.25, -0.2) is 9.59 Å². The average Bonchev–Trinajstić information content (AvgIpc) is 2.16. The molecular formula is C12H18O4P. The van der Waals surface area contributed by atoms with Gasteiger partial charge >= 0.3 is 11.9 Å². The van der Waals surface area contributed by atoms with Crippen molar-refractivity contribution in [3.05, 3.63) is 24.3 Å². The summed E-state index contributed by atoms with van der Waals surface area (Å²) in [5.41, 5.74) is 0.692. The molecule has 0 aromatic heterocycles. The van der Waals surface area contributed by atoms with Crippen molar-refractivity contribution >= 4 is 20.5 Å². The van der Waals surface area contributed by atoms with E-state index in [1.165, 1.54) is 0 Å². The van der Waals surface area contributed by atoms with Gasteiger partial charge in [0.25, 0.3) is 0 Å². The average molecular weight is 257 g/mol. The standard InChI is InChI=1S/C12H18O4P/c1-7(2)11(13)15-9(5)17-10(6)16-12(14)8(3)4/h9-10H,1,3H2,2,4-6H3. The Kier molecular flexibility index (Phi) is 6.74. The van der Waals surface area contributed by atoms with Crippen LogP contribution in [0.4, 0.5) is 0 Å². The SMILES string of the molecule is C=C(C)C(=O)OC(C)[P]C(C)OC(=O)C(=C)C. The van der Waals surface area contributed by atoms with Gasteiger partial charge in [-0.3, -0.25) is 0 Å². The van der Waals surface area contributed by atoms with Gasteiger partial charge in [0.15, 0.2) is 0 Å². The fourth-order valence-electron chi connectivity index (χ4n) is 0.867. The van der Waals surface area contributed by atoms with Crippen molar-refractivity contribution in [3.63, 3.8) is 0 Å². The van der Waals surface area contributed by atoms with Crippen LogP contribution in [0.15, 0.2) is 24.3 Å². The van der Waals surface area contributed by atoms with Crippen LogP contribution in [-0.4, -0.2) is 23.6 Å². The summed E-state index contributed by atoms with van der Waals surface area (Å²) in [6.07, 6.45) is 0. The van der Waals surface area contributed by atoms with E-state index >= 15 is 0 Å². The van der Waals surface area contributed by atoms with E-state index in [1.807, 2.05) is 0 Å². The number of rotatable bonds is 6. The minimum atomic E-state index is -0.441. The highest BCUT2D eigenvalue weighted by molar-refractivity contribution is 7.39. The summed E-state index contributed by atoms with van der Waals surface area (Å²) in [4.78, 5) is 22.4. The summed E-state index contributed by atoms with van der Waals surface area (Å²) < 4.78 is 10.1. The molecule has 0 bridgehead atoms. The van der Waals surface area contributed by atoms with Crippen LogP contribution in [0.5, 0.6) is 0 Å². The Hall–Kier alpha value is -1.15. The van der Waals surface area contributed by atoms with Crippen molar-refractivity contribution in [2.75, 3.05) is 0 Å². The molecular weight excluding hydrogens is 239 g/mol. The predicted molar refractivity (Wildman–Crippen MR) is 67.7 cm³/mol. The topological polar surface area (TPSA) is 52.6 Å². The lowest BCUT2D eigenvalue weighted by Crippen LogP contribution is -2.17. The predicted octanol–water partition coefficient (Wildman–Crippen LogP) is 2.86. The summed E-state index contributed by atoms with van der Waals surface area (Å²) in [7, 11) is 0.703. The van der Waals surface area contributed by atoms with Gasteiger partial charge < -0.3 is 9.47 Å². The second kappa shape index (κ2) is 7.23. The third-order valence-corrected chi connectivity index (χ3v) is 2.72. The summed E-state index contributed by atoms with van der Waals surface area (Å²) >= 11 is 0. The number of ether oxygens (including phenoxy) is 2. The van der Waals surface area contributed by atoms with Crippen LogP contribution < -0.4 is 0 Å². The Bertz CT molecular complexity index is 303. The van der Waals surface area contributed by atoms with Gasteiger partial charge in [-0.05, 0) is 27.7 Å². The highest BCUT2D eigenvalue weighted by Crippen LogP contribution is 2.27. The molecule has 0 N–H and O–H groups in total. The van der Waals surface area contributed by atoms with E-state index < -0.39 is 11.9 Å². The Morgan fingerprint density at radius 2 is 1.24 bits per heavy atom. The molecule has 17 heavy (non-hydrogen) atoms. The maximum atomic E-state index is 11.2. The van der Waals surface area contributed by atoms with Crippen molar-refractivity contribution < 1.29 is 19.1 Å². The van der Waals surface area contributed by atoms with Gasteiger partial charge in [0, 0.05) is 19.7 Å².